The van der Waals surface area contributed by atoms with E-state index in [4.69, 9.17) is 0 Å². The number of amides is 3. The van der Waals surface area contributed by atoms with E-state index in [1.54, 1.807) is 4.90 Å². The molecular formula is C21H28N4O3. The van der Waals surface area contributed by atoms with Gasteiger partial charge in [-0.1, -0.05) is 26.0 Å². The fraction of sp³-hybridized carbons (Fsp3) is 0.571. The summed E-state index contributed by atoms with van der Waals surface area (Å²) in [6, 6.07) is 5.88. The van der Waals surface area contributed by atoms with Gasteiger partial charge in [-0.2, -0.15) is 0 Å². The van der Waals surface area contributed by atoms with Crippen molar-refractivity contribution in [1.29, 1.82) is 0 Å². The molecule has 0 bridgehead atoms. The Labute approximate surface area is 165 Å². The third-order valence-electron chi connectivity index (χ3n) is 6.37. The van der Waals surface area contributed by atoms with Crippen molar-refractivity contribution in [3.63, 3.8) is 0 Å². The standard InChI is InChI=1S/C21H28N4O3/c1-21(2)12-22-9-17(21)24(3)10-13-4-5-15-14(8-13)11-25(20(15)28)16-6-7-18(26)23-19(16)27/h4-5,8,16-17,22H,6-7,9-12H2,1-3H3,(H,23,26,27). The number of likely N-dealkylation sites (N-methyl/N-ethyl adjacent to an activating group) is 1. The van der Waals surface area contributed by atoms with Crippen LogP contribution < -0.4 is 10.6 Å². The smallest absolute Gasteiger partial charge is 0.255 e. The molecule has 2 saturated heterocycles. The normalized spacial score (nSPS) is 26.7. The third-order valence-corrected chi connectivity index (χ3v) is 6.37. The molecule has 1 aromatic rings. The highest BCUT2D eigenvalue weighted by atomic mass is 16.2. The Morgan fingerprint density at radius 1 is 1.25 bits per heavy atom. The highest BCUT2D eigenvalue weighted by Gasteiger charge is 2.40. The van der Waals surface area contributed by atoms with Gasteiger partial charge in [0.05, 0.1) is 0 Å². The predicted molar refractivity (Wildman–Crippen MR) is 104 cm³/mol. The lowest BCUT2D eigenvalue weighted by molar-refractivity contribution is -0.136. The quantitative estimate of drug-likeness (QED) is 0.753. The van der Waals surface area contributed by atoms with Crippen LogP contribution in [0.25, 0.3) is 0 Å². The van der Waals surface area contributed by atoms with Gasteiger partial charge in [-0.05, 0) is 36.1 Å². The SMILES string of the molecule is CN(Cc1ccc2c(c1)CN(C1CCC(=O)NC1=O)C2=O)C1CNCC1(C)C. The Morgan fingerprint density at radius 3 is 2.71 bits per heavy atom. The number of piperidine rings is 1. The molecule has 0 aliphatic carbocycles. The molecule has 0 aromatic heterocycles. The van der Waals surface area contributed by atoms with Crippen molar-refractivity contribution >= 4 is 17.7 Å². The second-order valence-electron chi connectivity index (χ2n) is 8.94. The first-order valence-corrected chi connectivity index (χ1v) is 9.94. The third kappa shape index (κ3) is 3.33. The van der Waals surface area contributed by atoms with Crippen LogP contribution in [0.2, 0.25) is 0 Å². The highest BCUT2D eigenvalue weighted by Crippen LogP contribution is 2.31. The van der Waals surface area contributed by atoms with E-state index in [-0.39, 0.29) is 29.6 Å². The molecule has 1 aromatic carbocycles. The lowest BCUT2D eigenvalue weighted by Crippen LogP contribution is -2.52. The van der Waals surface area contributed by atoms with Gasteiger partial charge >= 0.3 is 0 Å². The molecule has 3 aliphatic heterocycles. The largest absolute Gasteiger partial charge is 0.322 e. The first-order valence-electron chi connectivity index (χ1n) is 9.94. The second kappa shape index (κ2) is 6.97. The summed E-state index contributed by atoms with van der Waals surface area (Å²) in [5.41, 5.74) is 3.02. The van der Waals surface area contributed by atoms with Crippen LogP contribution in [0.4, 0.5) is 0 Å². The topological polar surface area (TPSA) is 81.8 Å². The molecule has 2 fully saturated rings. The summed E-state index contributed by atoms with van der Waals surface area (Å²) in [5, 5.41) is 5.82. The van der Waals surface area contributed by atoms with Crippen LogP contribution in [-0.2, 0) is 22.7 Å². The maximum atomic E-state index is 12.8. The summed E-state index contributed by atoms with van der Waals surface area (Å²) in [4.78, 5) is 40.3. The van der Waals surface area contributed by atoms with Gasteiger partial charge in [0, 0.05) is 44.2 Å². The zero-order valence-electron chi connectivity index (χ0n) is 16.7. The average molecular weight is 384 g/mol. The van der Waals surface area contributed by atoms with Gasteiger partial charge in [-0.3, -0.25) is 24.6 Å². The van der Waals surface area contributed by atoms with Crippen molar-refractivity contribution in [1.82, 2.24) is 20.4 Å². The maximum absolute atomic E-state index is 12.8. The van der Waals surface area contributed by atoms with Gasteiger partial charge < -0.3 is 10.2 Å². The zero-order chi connectivity index (χ0) is 20.1. The zero-order valence-corrected chi connectivity index (χ0v) is 16.7. The number of imide groups is 1. The second-order valence-corrected chi connectivity index (χ2v) is 8.94. The van der Waals surface area contributed by atoms with Gasteiger partial charge in [-0.25, -0.2) is 0 Å². The Hall–Kier alpha value is -2.25. The fourth-order valence-electron chi connectivity index (χ4n) is 4.80. The average Bonchev–Trinajstić information content (AvgIpc) is 3.14. The molecule has 28 heavy (non-hydrogen) atoms. The van der Waals surface area contributed by atoms with Crippen LogP contribution in [-0.4, -0.2) is 59.7 Å². The number of rotatable bonds is 4. The number of carbonyl (C=O) groups excluding carboxylic acids is 3. The number of hydrogen-bond acceptors (Lipinski definition) is 5. The van der Waals surface area contributed by atoms with Crippen molar-refractivity contribution in [3.8, 4) is 0 Å². The van der Waals surface area contributed by atoms with E-state index in [1.807, 2.05) is 12.1 Å². The highest BCUT2D eigenvalue weighted by molar-refractivity contribution is 6.05. The van der Waals surface area contributed by atoms with Crippen LogP contribution in [0.1, 0.15) is 48.2 Å². The molecule has 4 rings (SSSR count). The number of fused-ring (bicyclic) bond motifs is 1. The number of nitrogens with zero attached hydrogens (tertiary/aromatic N) is 2. The molecule has 3 heterocycles. The van der Waals surface area contributed by atoms with E-state index in [9.17, 15) is 14.4 Å². The monoisotopic (exact) mass is 384 g/mol. The molecule has 0 spiro atoms. The van der Waals surface area contributed by atoms with Gasteiger partial charge in [0.25, 0.3) is 5.91 Å². The van der Waals surface area contributed by atoms with Crippen LogP contribution in [0.5, 0.6) is 0 Å². The van der Waals surface area contributed by atoms with E-state index in [1.165, 1.54) is 5.56 Å². The van der Waals surface area contributed by atoms with Gasteiger partial charge in [-0.15, -0.1) is 0 Å². The molecule has 2 N–H and O–H groups in total. The molecule has 2 unspecified atom stereocenters. The molecule has 150 valence electrons. The van der Waals surface area contributed by atoms with Gasteiger partial charge in [0.15, 0.2) is 0 Å². The summed E-state index contributed by atoms with van der Waals surface area (Å²) in [6.07, 6.45) is 0.668. The lowest BCUT2D eigenvalue weighted by atomic mass is 9.87. The van der Waals surface area contributed by atoms with Crippen LogP contribution >= 0.6 is 0 Å². The minimum Gasteiger partial charge on any atom is -0.322 e. The van der Waals surface area contributed by atoms with E-state index < -0.39 is 6.04 Å². The summed E-state index contributed by atoms with van der Waals surface area (Å²) in [5.74, 6) is -0.751. The van der Waals surface area contributed by atoms with Crippen molar-refractivity contribution < 1.29 is 14.4 Å². The molecule has 7 heteroatoms. The molecule has 2 atom stereocenters. The maximum Gasteiger partial charge on any atom is 0.255 e. The Bertz CT molecular complexity index is 835. The van der Waals surface area contributed by atoms with E-state index in [0.29, 0.717) is 24.6 Å². The van der Waals surface area contributed by atoms with Crippen molar-refractivity contribution in [2.75, 3.05) is 20.1 Å². The Balaban J connectivity index is 1.48. The molecule has 0 saturated carbocycles. The van der Waals surface area contributed by atoms with Crippen LogP contribution in [0.15, 0.2) is 18.2 Å². The van der Waals surface area contributed by atoms with Gasteiger partial charge in [0.1, 0.15) is 6.04 Å². The molecule has 3 amide bonds. The van der Waals surface area contributed by atoms with E-state index in [0.717, 1.165) is 25.2 Å². The molecule has 0 radical (unpaired) electrons. The van der Waals surface area contributed by atoms with Crippen molar-refractivity contribution in [2.45, 2.75) is 51.9 Å². The predicted octanol–water partition coefficient (Wildman–Crippen LogP) is 0.877. The number of nitrogens with one attached hydrogen (secondary N) is 2. The summed E-state index contributed by atoms with van der Waals surface area (Å²) < 4.78 is 0. The minimum atomic E-state index is -0.561. The Kier molecular flexibility index (Phi) is 4.75. The minimum absolute atomic E-state index is 0.120. The summed E-state index contributed by atoms with van der Waals surface area (Å²) >= 11 is 0. The molecular weight excluding hydrogens is 356 g/mol. The first-order chi connectivity index (χ1) is 13.3. The fourth-order valence-corrected chi connectivity index (χ4v) is 4.80. The molecule has 7 nitrogen and oxygen atoms in total. The number of benzene rings is 1. The van der Waals surface area contributed by atoms with Gasteiger partial charge in [0.2, 0.25) is 11.8 Å². The van der Waals surface area contributed by atoms with E-state index in [2.05, 4.69) is 42.5 Å². The number of hydrogen-bond donors (Lipinski definition) is 2. The van der Waals surface area contributed by atoms with Crippen molar-refractivity contribution in [3.05, 3.63) is 34.9 Å². The van der Waals surface area contributed by atoms with Crippen LogP contribution in [0, 0.1) is 5.41 Å². The number of carbonyl (C=O) groups is 3. The van der Waals surface area contributed by atoms with Crippen LogP contribution in [0.3, 0.4) is 0 Å². The molecule has 3 aliphatic rings. The lowest BCUT2D eigenvalue weighted by Gasteiger charge is -2.34. The van der Waals surface area contributed by atoms with E-state index >= 15 is 0 Å². The van der Waals surface area contributed by atoms with Crippen molar-refractivity contribution in [2.24, 2.45) is 5.41 Å². The Morgan fingerprint density at radius 2 is 2.04 bits per heavy atom. The summed E-state index contributed by atoms with van der Waals surface area (Å²) in [7, 11) is 2.15. The summed E-state index contributed by atoms with van der Waals surface area (Å²) in [6.45, 7) is 7.81. The first kappa shape index (κ1) is 19.1.